The number of halogens is 2. The maximum absolute atomic E-state index is 6.06. The van der Waals surface area contributed by atoms with Gasteiger partial charge in [0.1, 0.15) is 0 Å². The van der Waals surface area contributed by atoms with Gasteiger partial charge < -0.3 is 4.90 Å². The second kappa shape index (κ2) is 4.26. The molecule has 0 amide bonds. The minimum Gasteiger partial charge on any atom is -0.305 e. The lowest BCUT2D eigenvalue weighted by Crippen LogP contribution is -2.10. The van der Waals surface area contributed by atoms with Crippen LogP contribution in [-0.4, -0.2) is 19.0 Å². The second-order valence-electron chi connectivity index (χ2n) is 2.95. The molecule has 1 nitrogen and oxygen atoms in total. The Balaban J connectivity index is 2.92. The van der Waals surface area contributed by atoms with Crippen molar-refractivity contribution in [2.45, 2.75) is 6.54 Å². The molecule has 0 N–H and O–H groups in total. The van der Waals surface area contributed by atoms with E-state index >= 15 is 0 Å². The molecule has 0 aromatic heterocycles. The largest absolute Gasteiger partial charge is 0.305 e. The summed E-state index contributed by atoms with van der Waals surface area (Å²) >= 11 is 9.45. The molecule has 0 aliphatic rings. The standard InChI is InChI=1S/C9H11BrClN/c1-12(2)6-7-4-3-5-8(10)9(7)11/h3-5H,6H2,1-2H3. The van der Waals surface area contributed by atoms with Crippen LogP contribution in [0.15, 0.2) is 22.7 Å². The van der Waals surface area contributed by atoms with Crippen molar-refractivity contribution in [2.24, 2.45) is 0 Å². The van der Waals surface area contributed by atoms with E-state index in [4.69, 9.17) is 11.6 Å². The minimum absolute atomic E-state index is 0.811. The van der Waals surface area contributed by atoms with Gasteiger partial charge in [0.05, 0.1) is 5.02 Å². The van der Waals surface area contributed by atoms with E-state index in [1.54, 1.807) is 0 Å². The number of nitrogens with zero attached hydrogens (tertiary/aromatic N) is 1. The average Bonchev–Trinajstić information content (AvgIpc) is 1.98. The highest BCUT2D eigenvalue weighted by atomic mass is 79.9. The molecule has 1 rings (SSSR count). The summed E-state index contributed by atoms with van der Waals surface area (Å²) in [7, 11) is 4.05. The van der Waals surface area contributed by atoms with E-state index in [1.165, 1.54) is 0 Å². The van der Waals surface area contributed by atoms with E-state index in [0.717, 1.165) is 21.6 Å². The first kappa shape index (κ1) is 10.0. The molecule has 3 heteroatoms. The van der Waals surface area contributed by atoms with Gasteiger partial charge in [-0.3, -0.25) is 0 Å². The highest BCUT2D eigenvalue weighted by Crippen LogP contribution is 2.26. The third-order valence-electron chi connectivity index (χ3n) is 1.52. The summed E-state index contributed by atoms with van der Waals surface area (Å²) in [6.45, 7) is 0.873. The molecule has 0 fully saturated rings. The predicted molar refractivity (Wildman–Crippen MR) is 56.5 cm³/mol. The smallest absolute Gasteiger partial charge is 0.0593 e. The van der Waals surface area contributed by atoms with Crippen molar-refractivity contribution in [1.29, 1.82) is 0 Å². The fourth-order valence-electron chi connectivity index (χ4n) is 1.01. The van der Waals surface area contributed by atoms with Crippen LogP contribution in [0.1, 0.15) is 5.56 Å². The molecule has 0 saturated heterocycles. The maximum atomic E-state index is 6.06. The molecule has 66 valence electrons. The van der Waals surface area contributed by atoms with Gasteiger partial charge in [-0.15, -0.1) is 0 Å². The highest BCUT2D eigenvalue weighted by Gasteiger charge is 2.03. The van der Waals surface area contributed by atoms with Crippen LogP contribution in [0, 0.1) is 0 Å². The van der Waals surface area contributed by atoms with E-state index in [-0.39, 0.29) is 0 Å². The molecule has 0 spiro atoms. The molecule has 0 heterocycles. The molecule has 0 aliphatic carbocycles. The Hall–Kier alpha value is -0.0500. The molecule has 12 heavy (non-hydrogen) atoms. The third kappa shape index (κ3) is 2.47. The lowest BCUT2D eigenvalue weighted by molar-refractivity contribution is 0.402. The van der Waals surface area contributed by atoms with Gasteiger partial charge in [-0.1, -0.05) is 23.7 Å². The third-order valence-corrected chi connectivity index (χ3v) is 2.85. The van der Waals surface area contributed by atoms with Gasteiger partial charge in [0.25, 0.3) is 0 Å². The zero-order chi connectivity index (χ0) is 9.14. The van der Waals surface area contributed by atoms with Crippen LogP contribution in [0.25, 0.3) is 0 Å². The van der Waals surface area contributed by atoms with Crippen molar-refractivity contribution >= 4 is 27.5 Å². The quantitative estimate of drug-likeness (QED) is 0.777. The van der Waals surface area contributed by atoms with Gasteiger partial charge in [-0.2, -0.15) is 0 Å². The first-order valence-corrected chi connectivity index (χ1v) is 4.86. The molecule has 0 atom stereocenters. The molecule has 1 aromatic carbocycles. The molecular weight excluding hydrogens is 237 g/mol. The van der Waals surface area contributed by atoms with Crippen molar-refractivity contribution < 1.29 is 0 Å². The van der Waals surface area contributed by atoms with Crippen molar-refractivity contribution in [3.63, 3.8) is 0 Å². The summed E-state index contributed by atoms with van der Waals surface area (Å²) in [4.78, 5) is 2.09. The lowest BCUT2D eigenvalue weighted by atomic mass is 10.2. The number of rotatable bonds is 2. The van der Waals surface area contributed by atoms with E-state index in [9.17, 15) is 0 Å². The SMILES string of the molecule is CN(C)Cc1cccc(Br)c1Cl. The normalized spacial score (nSPS) is 10.8. The Morgan fingerprint density at radius 1 is 1.42 bits per heavy atom. The van der Waals surface area contributed by atoms with E-state index in [2.05, 4.69) is 20.8 Å². The van der Waals surface area contributed by atoms with Gasteiger partial charge in [0, 0.05) is 11.0 Å². The van der Waals surface area contributed by atoms with Crippen molar-refractivity contribution in [2.75, 3.05) is 14.1 Å². The van der Waals surface area contributed by atoms with E-state index in [1.807, 2.05) is 32.3 Å². The first-order chi connectivity index (χ1) is 5.61. The predicted octanol–water partition coefficient (Wildman–Crippen LogP) is 3.16. The lowest BCUT2D eigenvalue weighted by Gasteiger charge is -2.11. The van der Waals surface area contributed by atoms with Crippen LogP contribution in [0.4, 0.5) is 0 Å². The summed E-state index contributed by atoms with van der Waals surface area (Å²) < 4.78 is 0.962. The second-order valence-corrected chi connectivity index (χ2v) is 4.18. The summed E-state index contributed by atoms with van der Waals surface area (Å²) in [5.41, 5.74) is 1.15. The van der Waals surface area contributed by atoms with Crippen LogP contribution in [-0.2, 0) is 6.54 Å². The Bertz CT molecular complexity index is 273. The minimum atomic E-state index is 0.811. The fraction of sp³-hybridized carbons (Fsp3) is 0.333. The fourth-order valence-corrected chi connectivity index (χ4v) is 1.60. The Labute approximate surface area is 86.5 Å². The van der Waals surface area contributed by atoms with Gasteiger partial charge in [-0.05, 0) is 41.7 Å². The molecular formula is C9H11BrClN. The maximum Gasteiger partial charge on any atom is 0.0593 e. The van der Waals surface area contributed by atoms with Crippen LogP contribution in [0.2, 0.25) is 5.02 Å². The average molecular weight is 249 g/mol. The monoisotopic (exact) mass is 247 g/mol. The summed E-state index contributed by atoms with van der Waals surface area (Å²) in [5, 5.41) is 0.811. The molecule has 0 saturated carbocycles. The van der Waals surface area contributed by atoms with Gasteiger partial charge in [-0.25, -0.2) is 0 Å². The van der Waals surface area contributed by atoms with Crippen molar-refractivity contribution in [1.82, 2.24) is 4.90 Å². The Morgan fingerprint density at radius 3 is 2.67 bits per heavy atom. The zero-order valence-corrected chi connectivity index (χ0v) is 9.48. The van der Waals surface area contributed by atoms with Gasteiger partial charge >= 0.3 is 0 Å². The van der Waals surface area contributed by atoms with E-state index < -0.39 is 0 Å². The van der Waals surface area contributed by atoms with Crippen LogP contribution in [0.3, 0.4) is 0 Å². The van der Waals surface area contributed by atoms with Crippen LogP contribution < -0.4 is 0 Å². The van der Waals surface area contributed by atoms with Crippen molar-refractivity contribution in [3.8, 4) is 0 Å². The first-order valence-electron chi connectivity index (χ1n) is 3.69. The number of benzene rings is 1. The van der Waals surface area contributed by atoms with Crippen LogP contribution >= 0.6 is 27.5 Å². The Morgan fingerprint density at radius 2 is 2.08 bits per heavy atom. The van der Waals surface area contributed by atoms with Crippen LogP contribution in [0.5, 0.6) is 0 Å². The number of hydrogen-bond acceptors (Lipinski definition) is 1. The zero-order valence-electron chi connectivity index (χ0n) is 7.14. The topological polar surface area (TPSA) is 3.24 Å². The molecule has 0 unspecified atom stereocenters. The van der Waals surface area contributed by atoms with Gasteiger partial charge in [0.15, 0.2) is 0 Å². The molecule has 0 radical (unpaired) electrons. The summed E-state index contributed by atoms with van der Waals surface area (Å²) in [6, 6.07) is 5.98. The van der Waals surface area contributed by atoms with Gasteiger partial charge in [0.2, 0.25) is 0 Å². The molecule has 0 aliphatic heterocycles. The summed E-state index contributed by atoms with van der Waals surface area (Å²) in [5.74, 6) is 0. The Kier molecular flexibility index (Phi) is 3.56. The van der Waals surface area contributed by atoms with Crippen molar-refractivity contribution in [3.05, 3.63) is 33.3 Å². The molecule has 1 aromatic rings. The highest BCUT2D eigenvalue weighted by molar-refractivity contribution is 9.10. The molecule has 0 bridgehead atoms. The summed E-state index contributed by atoms with van der Waals surface area (Å²) in [6.07, 6.45) is 0. The van der Waals surface area contributed by atoms with E-state index in [0.29, 0.717) is 0 Å². The number of hydrogen-bond donors (Lipinski definition) is 0.